The molecule has 0 aliphatic heterocycles. The van der Waals surface area contributed by atoms with Gasteiger partial charge in [-0.25, -0.2) is 32.3 Å². The number of ether oxygens (including phenoxy) is 6. The summed E-state index contributed by atoms with van der Waals surface area (Å²) in [5.41, 5.74) is 11.4. The molecule has 0 heterocycles. The number of nitrogens with one attached hydrogen (secondary N) is 3. The van der Waals surface area contributed by atoms with Crippen LogP contribution in [0.1, 0.15) is 51.8 Å². The number of halogens is 6. The van der Waals surface area contributed by atoms with E-state index in [1.165, 1.54) is 0 Å². The lowest BCUT2D eigenvalue weighted by Crippen LogP contribution is -2.50. The number of amides is 3. The van der Waals surface area contributed by atoms with Gasteiger partial charge in [-0.1, -0.05) is 164 Å². The zero-order valence-corrected chi connectivity index (χ0v) is 47.4. The first-order chi connectivity index (χ1) is 41.7. The molecule has 3 atom stereocenters. The van der Waals surface area contributed by atoms with Crippen LogP contribution in [-0.2, 0) is 74.5 Å². The lowest BCUT2D eigenvalue weighted by molar-refractivity contribution is -0.149. The van der Waals surface area contributed by atoms with Crippen LogP contribution in [-0.4, -0.2) is 54.7 Å². The Morgan fingerprint density at radius 1 is 0.437 bits per heavy atom. The summed E-state index contributed by atoms with van der Waals surface area (Å²) in [5.74, 6) is -16.7. The lowest BCUT2D eigenvalue weighted by Gasteiger charge is -2.22. The van der Waals surface area contributed by atoms with Crippen LogP contribution in [0.15, 0.2) is 188 Å². The van der Waals surface area contributed by atoms with E-state index >= 15 is 8.78 Å². The third-order valence-corrected chi connectivity index (χ3v) is 13.3. The van der Waals surface area contributed by atoms with E-state index in [9.17, 15) is 37.1 Å². The highest BCUT2D eigenvalue weighted by Gasteiger charge is 2.33. The third-order valence-electron chi connectivity index (χ3n) is 13.3. The molecule has 5 N–H and O–H groups in total. The van der Waals surface area contributed by atoms with Crippen molar-refractivity contribution in [2.75, 3.05) is 6.54 Å². The number of esters is 2. The molecule has 3 amide bonds. The highest BCUT2D eigenvalue weighted by Crippen LogP contribution is 2.34. The van der Waals surface area contributed by atoms with Gasteiger partial charge in [0.15, 0.2) is 0 Å². The Labute approximate surface area is 504 Å². The van der Waals surface area contributed by atoms with Crippen molar-refractivity contribution in [2.24, 2.45) is 5.73 Å². The van der Waals surface area contributed by atoms with E-state index in [2.05, 4.69) is 16.0 Å². The summed E-state index contributed by atoms with van der Waals surface area (Å²) in [5, 5.41) is 7.74. The predicted molar refractivity (Wildman–Crippen MR) is 314 cm³/mol. The van der Waals surface area contributed by atoms with Gasteiger partial charge in [0.25, 0.3) is 0 Å². The molecule has 0 aliphatic rings. The van der Waals surface area contributed by atoms with Gasteiger partial charge in [-0.3, -0.25) is 4.79 Å². The maximum atomic E-state index is 15.0. The first-order valence-corrected chi connectivity index (χ1v) is 27.2. The van der Waals surface area contributed by atoms with Crippen molar-refractivity contribution in [3.8, 4) is 28.4 Å². The second-order valence-corrected chi connectivity index (χ2v) is 19.6. The minimum absolute atomic E-state index is 0. The van der Waals surface area contributed by atoms with Crippen LogP contribution in [0.5, 0.6) is 17.2 Å². The quantitative estimate of drug-likeness (QED) is 0.00723. The number of nitrogens with two attached hydrogens (primary N) is 1. The zero-order valence-electron chi connectivity index (χ0n) is 46.6. The van der Waals surface area contributed by atoms with Crippen molar-refractivity contribution in [2.45, 2.75) is 76.8 Å². The molecular formula is C66H60ClF5N4O11. The second-order valence-electron chi connectivity index (χ2n) is 19.6. The van der Waals surface area contributed by atoms with Gasteiger partial charge in [0.1, 0.15) is 56.6 Å². The molecule has 8 rings (SSSR count). The monoisotopic (exact) mass is 1210 g/mol. The first-order valence-electron chi connectivity index (χ1n) is 27.2. The average molecular weight is 1220 g/mol. The number of hydrogen-bond acceptors (Lipinski definition) is 12. The molecule has 0 spiro atoms. The molecule has 0 aliphatic carbocycles. The van der Waals surface area contributed by atoms with E-state index in [0.717, 1.165) is 16.7 Å². The van der Waals surface area contributed by atoms with Gasteiger partial charge in [0.05, 0.1) is 6.04 Å². The van der Waals surface area contributed by atoms with Crippen LogP contribution in [0.3, 0.4) is 0 Å². The summed E-state index contributed by atoms with van der Waals surface area (Å²) in [6, 6.07) is 50.0. The molecule has 0 fully saturated rings. The summed E-state index contributed by atoms with van der Waals surface area (Å²) in [4.78, 5) is 68.1. The molecule has 452 valence electrons. The number of alkyl carbamates (subject to hydrolysis) is 2. The number of benzene rings is 8. The molecule has 0 saturated carbocycles. The molecule has 0 saturated heterocycles. The van der Waals surface area contributed by atoms with Crippen molar-refractivity contribution in [3.63, 3.8) is 0 Å². The Hall–Kier alpha value is -9.79. The van der Waals surface area contributed by atoms with Crippen LogP contribution < -0.4 is 35.9 Å². The van der Waals surface area contributed by atoms with Gasteiger partial charge in [0, 0.05) is 19.4 Å². The molecule has 15 nitrogen and oxygen atoms in total. The van der Waals surface area contributed by atoms with Crippen molar-refractivity contribution < 1.29 is 74.3 Å². The van der Waals surface area contributed by atoms with Crippen LogP contribution in [0.2, 0.25) is 0 Å². The fourth-order valence-electron chi connectivity index (χ4n) is 8.69. The number of hydrogen-bond donors (Lipinski definition) is 4. The molecular weight excluding hydrogens is 1160 g/mol. The summed E-state index contributed by atoms with van der Waals surface area (Å²) in [6.45, 7) is -0.174. The maximum absolute atomic E-state index is 15.0. The average Bonchev–Trinajstić information content (AvgIpc) is 3.74. The summed E-state index contributed by atoms with van der Waals surface area (Å²) in [7, 11) is 0. The maximum Gasteiger partial charge on any atom is 0.408 e. The molecule has 0 unspecified atom stereocenters. The van der Waals surface area contributed by atoms with Crippen LogP contribution in [0.4, 0.5) is 31.5 Å². The largest absolute Gasteiger partial charge is 0.489 e. The minimum atomic E-state index is -2.49. The summed E-state index contributed by atoms with van der Waals surface area (Å²) in [6.07, 6.45) is -2.30. The highest BCUT2D eigenvalue weighted by molar-refractivity contribution is 5.88. The Morgan fingerprint density at radius 2 is 0.816 bits per heavy atom. The molecule has 8 aromatic rings. The third kappa shape index (κ3) is 19.1. The Bertz CT molecular complexity index is 3550. The van der Waals surface area contributed by atoms with E-state index in [1.54, 1.807) is 127 Å². The second kappa shape index (κ2) is 32.5. The lowest BCUT2D eigenvalue weighted by atomic mass is 9.95. The molecule has 0 radical (unpaired) electrons. The van der Waals surface area contributed by atoms with Crippen molar-refractivity contribution >= 4 is 42.4 Å². The molecule has 0 aromatic heterocycles. The number of carbonyl (C=O) groups excluding carboxylic acids is 5. The van der Waals surface area contributed by atoms with Gasteiger partial charge >= 0.3 is 24.1 Å². The van der Waals surface area contributed by atoms with E-state index < -0.39 is 89.4 Å². The predicted octanol–water partition coefficient (Wildman–Crippen LogP) is 11.9. The van der Waals surface area contributed by atoms with Gasteiger partial charge in [0.2, 0.25) is 40.7 Å². The minimum Gasteiger partial charge on any atom is -0.489 e. The summed E-state index contributed by atoms with van der Waals surface area (Å²) < 4.78 is 107. The van der Waals surface area contributed by atoms with Gasteiger partial charge < -0.3 is 50.1 Å². The van der Waals surface area contributed by atoms with Gasteiger partial charge in [-0.2, -0.15) is 8.78 Å². The van der Waals surface area contributed by atoms with E-state index in [0.29, 0.717) is 33.6 Å². The fraction of sp³-hybridized carbons (Fsp3) is 0.197. The van der Waals surface area contributed by atoms with Gasteiger partial charge in [-0.05, 0) is 87.2 Å². The summed E-state index contributed by atoms with van der Waals surface area (Å²) >= 11 is 0. The van der Waals surface area contributed by atoms with Crippen molar-refractivity contribution in [3.05, 3.63) is 256 Å². The SMILES string of the molecule is Cl.N[C@@H](CCCNC(=O)OCc1ccccc1)C(=O)N[C@@H](Cc1cc(-c2ccc(OCc3ccccc3)c(C[C@H](NC(=O)OCc3ccccc3)C(=O)Oc3c(F)c(F)c(F)c(F)c3F)c2)ccc1OCc1ccccc1)C(=O)OCc1ccccc1. The highest BCUT2D eigenvalue weighted by atomic mass is 35.5. The van der Waals surface area contributed by atoms with E-state index in [-0.39, 0.29) is 82.6 Å². The Morgan fingerprint density at radius 3 is 1.25 bits per heavy atom. The number of rotatable bonds is 27. The van der Waals surface area contributed by atoms with Crippen LogP contribution >= 0.6 is 12.4 Å². The van der Waals surface area contributed by atoms with Crippen LogP contribution in [0, 0.1) is 29.1 Å². The van der Waals surface area contributed by atoms with Gasteiger partial charge in [-0.15, -0.1) is 12.4 Å². The normalized spacial score (nSPS) is 11.8. The van der Waals surface area contributed by atoms with Crippen molar-refractivity contribution in [1.82, 2.24) is 16.0 Å². The fourth-order valence-corrected chi connectivity index (χ4v) is 8.69. The zero-order chi connectivity index (χ0) is 60.8. The standard InChI is InChI=1S/C66H59F5N4O11.ClH/c67-56-57(68)59(70)61(60(71)58(56)69)86-64(78)53(75-66(80)85-41-46-25-14-5-15-26-46)36-50-34-48(29-31-55(50)82-38-43-19-8-2-9-20-43)47-28-30-54(81-37-42-17-6-1-7-18-42)49(33-47)35-52(63(77)83-39-44-21-10-3-11-22-44)74-62(76)51(72)27-16-32-73-65(79)84-40-45-23-12-4-13-24-45;/h1-15,17-26,28-31,33-34,51-53H,16,27,32,35-41,72H2,(H,73,79)(H,74,76)(H,75,80);1H/t51-,52-,53-;/m0./s1. The first kappa shape index (κ1) is 64.8. The van der Waals surface area contributed by atoms with Crippen LogP contribution in [0.25, 0.3) is 11.1 Å². The number of carbonyl (C=O) groups is 5. The molecule has 8 aromatic carbocycles. The molecule has 0 bridgehead atoms. The van der Waals surface area contributed by atoms with Crippen molar-refractivity contribution in [1.29, 1.82) is 0 Å². The topological polar surface area (TPSA) is 203 Å². The smallest absolute Gasteiger partial charge is 0.408 e. The van der Waals surface area contributed by atoms with E-state index in [4.69, 9.17) is 34.2 Å². The Balaban J connectivity index is 0.0000108. The molecule has 21 heteroatoms. The van der Waals surface area contributed by atoms with E-state index in [1.807, 2.05) is 60.7 Å². The Kier molecular flexibility index (Phi) is 24.2. The molecule has 87 heavy (non-hydrogen) atoms.